The van der Waals surface area contributed by atoms with Crippen LogP contribution in [0.3, 0.4) is 0 Å². The van der Waals surface area contributed by atoms with E-state index in [0.29, 0.717) is 17.3 Å². The van der Waals surface area contributed by atoms with E-state index >= 15 is 0 Å². The third-order valence-electron chi connectivity index (χ3n) is 4.63. The molecule has 1 N–H and O–H groups in total. The number of hydrogen-bond acceptors (Lipinski definition) is 4. The van der Waals surface area contributed by atoms with Crippen molar-refractivity contribution in [2.75, 3.05) is 6.54 Å². The Morgan fingerprint density at radius 2 is 2.05 bits per heavy atom. The van der Waals surface area contributed by atoms with Gasteiger partial charge in [0.15, 0.2) is 0 Å². The van der Waals surface area contributed by atoms with Crippen LogP contribution in [0, 0.1) is 12.8 Å². The minimum absolute atomic E-state index is 0.0884. The average molecular weight is 329 g/mol. The monoisotopic (exact) mass is 329 g/mol. The number of carboxylic acids is 1. The molecule has 0 aromatic carbocycles. The summed E-state index contributed by atoms with van der Waals surface area (Å²) in [4.78, 5) is 11.9. The molecule has 1 aliphatic carbocycles. The maximum absolute atomic E-state index is 12.9. The Kier molecular flexibility index (Phi) is 3.83. The number of nitrogens with zero attached hydrogens (tertiary/aromatic N) is 1. The van der Waals surface area contributed by atoms with Gasteiger partial charge >= 0.3 is 5.97 Å². The molecule has 0 bridgehead atoms. The molecule has 2 fully saturated rings. The molecule has 116 valence electrons. The molecule has 5 nitrogen and oxygen atoms in total. The number of rotatable bonds is 3. The Morgan fingerprint density at radius 3 is 2.71 bits per heavy atom. The standard InChI is InChI=1S/C14H19NO4S2/c1-9-13(8-12(20-9)14(16)17)21(18,19)15-7-6-10-4-2-3-5-11(10)15/h8,10-11H,2-7H2,1H3,(H,16,17). The largest absolute Gasteiger partial charge is 0.477 e. The highest BCUT2D eigenvalue weighted by Crippen LogP contribution is 2.40. The van der Waals surface area contributed by atoms with Gasteiger partial charge in [-0.3, -0.25) is 0 Å². The lowest BCUT2D eigenvalue weighted by Gasteiger charge is -2.30. The SMILES string of the molecule is Cc1sc(C(=O)O)cc1S(=O)(=O)N1CCC2CCCCC21. The van der Waals surface area contributed by atoms with Gasteiger partial charge < -0.3 is 5.11 Å². The van der Waals surface area contributed by atoms with Gasteiger partial charge in [0.1, 0.15) is 4.88 Å². The Hall–Kier alpha value is -0.920. The minimum atomic E-state index is -3.57. The van der Waals surface area contributed by atoms with E-state index in [-0.39, 0.29) is 15.8 Å². The van der Waals surface area contributed by atoms with Crippen LogP contribution in [0.25, 0.3) is 0 Å². The third-order valence-corrected chi connectivity index (χ3v) is 7.85. The molecule has 1 aliphatic heterocycles. The summed E-state index contributed by atoms with van der Waals surface area (Å²) in [6, 6.07) is 1.42. The van der Waals surface area contributed by atoms with Gasteiger partial charge in [0.05, 0.1) is 4.90 Å². The fourth-order valence-corrected chi connectivity index (χ4v) is 6.75. The van der Waals surface area contributed by atoms with Crippen molar-refractivity contribution in [3.05, 3.63) is 15.8 Å². The van der Waals surface area contributed by atoms with Crippen molar-refractivity contribution in [3.8, 4) is 0 Å². The molecule has 1 saturated carbocycles. The number of hydrogen-bond donors (Lipinski definition) is 1. The average Bonchev–Trinajstić information content (AvgIpc) is 3.02. The lowest BCUT2D eigenvalue weighted by molar-refractivity contribution is 0.0702. The topological polar surface area (TPSA) is 74.7 Å². The van der Waals surface area contributed by atoms with Crippen LogP contribution in [-0.4, -0.2) is 36.4 Å². The van der Waals surface area contributed by atoms with Crippen LogP contribution in [-0.2, 0) is 10.0 Å². The van der Waals surface area contributed by atoms with Crippen molar-refractivity contribution in [2.24, 2.45) is 5.92 Å². The van der Waals surface area contributed by atoms with Gasteiger partial charge in [-0.15, -0.1) is 11.3 Å². The highest BCUT2D eigenvalue weighted by molar-refractivity contribution is 7.89. The van der Waals surface area contributed by atoms with Crippen molar-refractivity contribution in [3.63, 3.8) is 0 Å². The molecule has 1 aromatic rings. The van der Waals surface area contributed by atoms with Crippen LogP contribution in [0.5, 0.6) is 0 Å². The Bertz CT molecular complexity index is 665. The quantitative estimate of drug-likeness (QED) is 0.925. The van der Waals surface area contributed by atoms with E-state index in [9.17, 15) is 13.2 Å². The second kappa shape index (κ2) is 5.37. The number of carbonyl (C=O) groups is 1. The van der Waals surface area contributed by atoms with Crippen molar-refractivity contribution < 1.29 is 18.3 Å². The molecule has 2 heterocycles. The fraction of sp³-hybridized carbons (Fsp3) is 0.643. The van der Waals surface area contributed by atoms with E-state index in [1.54, 1.807) is 11.2 Å². The Morgan fingerprint density at radius 1 is 1.33 bits per heavy atom. The van der Waals surface area contributed by atoms with Gasteiger partial charge in [0.25, 0.3) is 0 Å². The first kappa shape index (κ1) is 15.0. The van der Waals surface area contributed by atoms with E-state index in [4.69, 9.17) is 5.11 Å². The summed E-state index contributed by atoms with van der Waals surface area (Å²) in [7, 11) is -3.57. The van der Waals surface area contributed by atoms with Crippen LogP contribution >= 0.6 is 11.3 Å². The lowest BCUT2D eigenvalue weighted by atomic mass is 9.86. The Labute approximate surface area is 128 Å². The second-order valence-electron chi connectivity index (χ2n) is 5.85. The van der Waals surface area contributed by atoms with Crippen molar-refractivity contribution in [2.45, 2.75) is 50.0 Å². The van der Waals surface area contributed by atoms with E-state index < -0.39 is 16.0 Å². The second-order valence-corrected chi connectivity index (χ2v) is 8.97. The zero-order chi connectivity index (χ0) is 15.2. The minimum Gasteiger partial charge on any atom is -0.477 e. The fourth-order valence-electron chi connectivity index (χ4n) is 3.61. The predicted octanol–water partition coefficient (Wildman–Crippen LogP) is 2.71. The molecule has 2 atom stereocenters. The van der Waals surface area contributed by atoms with Crippen LogP contribution in [0.1, 0.15) is 46.7 Å². The first-order valence-electron chi connectivity index (χ1n) is 7.27. The van der Waals surface area contributed by atoms with Crippen molar-refractivity contribution >= 4 is 27.3 Å². The molecule has 1 aromatic heterocycles. The molecule has 7 heteroatoms. The first-order valence-corrected chi connectivity index (χ1v) is 9.52. The molecule has 3 rings (SSSR count). The van der Waals surface area contributed by atoms with Gasteiger partial charge in [-0.05, 0) is 38.2 Å². The van der Waals surface area contributed by atoms with Gasteiger partial charge in [0, 0.05) is 17.5 Å². The van der Waals surface area contributed by atoms with Crippen LogP contribution in [0.15, 0.2) is 11.0 Å². The van der Waals surface area contributed by atoms with Crippen molar-refractivity contribution in [1.29, 1.82) is 0 Å². The molecule has 21 heavy (non-hydrogen) atoms. The molecular formula is C14H19NO4S2. The molecule has 2 aliphatic rings. The smallest absolute Gasteiger partial charge is 0.345 e. The van der Waals surface area contributed by atoms with E-state index in [2.05, 4.69) is 0 Å². The van der Waals surface area contributed by atoms with Crippen molar-refractivity contribution in [1.82, 2.24) is 4.31 Å². The summed E-state index contributed by atoms with van der Waals surface area (Å²) >= 11 is 1.03. The van der Waals surface area contributed by atoms with Gasteiger partial charge in [-0.25, -0.2) is 13.2 Å². The number of sulfonamides is 1. The summed E-state index contributed by atoms with van der Waals surface area (Å²) in [5.41, 5.74) is 0. The Balaban J connectivity index is 1.95. The number of aryl methyl sites for hydroxylation is 1. The number of thiophene rings is 1. The van der Waals surface area contributed by atoms with Gasteiger partial charge in [0.2, 0.25) is 10.0 Å². The summed E-state index contributed by atoms with van der Waals surface area (Å²) in [6.45, 7) is 2.24. The molecule has 0 spiro atoms. The number of aromatic carboxylic acids is 1. The third kappa shape index (κ3) is 2.51. The highest BCUT2D eigenvalue weighted by Gasteiger charge is 2.43. The number of fused-ring (bicyclic) bond motifs is 1. The van der Waals surface area contributed by atoms with E-state index in [1.807, 2.05) is 0 Å². The van der Waals surface area contributed by atoms with E-state index in [0.717, 1.165) is 37.0 Å². The normalized spacial score (nSPS) is 26.7. The van der Waals surface area contributed by atoms with Crippen LogP contribution in [0.2, 0.25) is 0 Å². The first-order chi connectivity index (χ1) is 9.91. The summed E-state index contributed by atoms with van der Waals surface area (Å²) in [5, 5.41) is 9.04. The molecule has 0 amide bonds. The maximum atomic E-state index is 12.9. The highest BCUT2D eigenvalue weighted by atomic mass is 32.2. The lowest BCUT2D eigenvalue weighted by Crippen LogP contribution is -2.39. The summed E-state index contributed by atoms with van der Waals surface area (Å²) < 4.78 is 27.4. The van der Waals surface area contributed by atoms with E-state index in [1.165, 1.54) is 12.5 Å². The molecule has 2 unspecified atom stereocenters. The summed E-state index contributed by atoms with van der Waals surface area (Å²) in [5.74, 6) is -0.590. The van der Waals surface area contributed by atoms with Crippen LogP contribution < -0.4 is 0 Å². The van der Waals surface area contributed by atoms with Gasteiger partial charge in [-0.2, -0.15) is 4.31 Å². The van der Waals surface area contributed by atoms with Gasteiger partial charge in [-0.1, -0.05) is 12.8 Å². The predicted molar refractivity (Wildman–Crippen MR) is 80.3 cm³/mol. The molecule has 0 radical (unpaired) electrons. The van der Waals surface area contributed by atoms with Crippen LogP contribution in [0.4, 0.5) is 0 Å². The zero-order valence-corrected chi connectivity index (χ0v) is 13.5. The zero-order valence-electron chi connectivity index (χ0n) is 11.9. The summed E-state index contributed by atoms with van der Waals surface area (Å²) in [6.07, 6.45) is 5.24. The maximum Gasteiger partial charge on any atom is 0.345 e. The molecule has 1 saturated heterocycles. The number of carboxylic acid groups (broad SMARTS) is 1. The molecular weight excluding hydrogens is 310 g/mol.